The minimum Gasteiger partial charge on any atom is -0.493 e. The quantitative estimate of drug-likeness (QED) is 0.829. The normalized spacial score (nSPS) is 10.7. The van der Waals surface area contributed by atoms with Crippen LogP contribution in [0.4, 0.5) is 5.69 Å². The molecule has 0 aliphatic heterocycles. The van der Waals surface area contributed by atoms with Crippen LogP contribution in [-0.2, 0) is 6.54 Å². The average molecular weight is 335 g/mol. The summed E-state index contributed by atoms with van der Waals surface area (Å²) in [5.74, 6) is -0.258. The molecule has 6 heteroatoms. The van der Waals surface area contributed by atoms with Crippen LogP contribution in [0.1, 0.15) is 41.5 Å². The molecule has 23 heavy (non-hydrogen) atoms. The lowest BCUT2D eigenvalue weighted by molar-refractivity contribution is 0.0695. The Labute approximate surface area is 140 Å². The third-order valence-electron chi connectivity index (χ3n) is 3.44. The monoisotopic (exact) mass is 334 g/mol. The smallest absolute Gasteiger partial charge is 0.337 e. The first-order valence-electron chi connectivity index (χ1n) is 7.23. The molecular weight excluding hydrogens is 316 g/mol. The number of aromatic nitrogens is 1. The average Bonchev–Trinajstić information content (AvgIpc) is 2.52. The van der Waals surface area contributed by atoms with Crippen molar-refractivity contribution in [3.63, 3.8) is 0 Å². The SMILES string of the molecule is COc1c(Cl)cccc1NCc1nc(C(C)C)ccc1C(=O)O. The van der Waals surface area contributed by atoms with Gasteiger partial charge < -0.3 is 15.2 Å². The fourth-order valence-corrected chi connectivity index (χ4v) is 2.46. The van der Waals surface area contributed by atoms with E-state index < -0.39 is 5.97 Å². The van der Waals surface area contributed by atoms with E-state index in [4.69, 9.17) is 16.3 Å². The van der Waals surface area contributed by atoms with Crippen molar-refractivity contribution in [1.82, 2.24) is 4.98 Å². The summed E-state index contributed by atoms with van der Waals surface area (Å²) in [6, 6.07) is 8.68. The van der Waals surface area contributed by atoms with Gasteiger partial charge in [0.05, 0.1) is 35.6 Å². The molecule has 2 aromatic rings. The molecule has 0 saturated carbocycles. The van der Waals surface area contributed by atoms with Gasteiger partial charge in [-0.2, -0.15) is 0 Å². The first-order valence-corrected chi connectivity index (χ1v) is 7.61. The van der Waals surface area contributed by atoms with Gasteiger partial charge in [-0.25, -0.2) is 4.79 Å². The second-order valence-corrected chi connectivity index (χ2v) is 5.77. The Morgan fingerprint density at radius 3 is 2.70 bits per heavy atom. The second-order valence-electron chi connectivity index (χ2n) is 5.36. The number of carbonyl (C=O) groups is 1. The highest BCUT2D eigenvalue weighted by atomic mass is 35.5. The van der Waals surface area contributed by atoms with Crippen molar-refractivity contribution in [1.29, 1.82) is 0 Å². The molecule has 0 saturated heterocycles. The number of halogens is 1. The van der Waals surface area contributed by atoms with Crippen molar-refractivity contribution in [2.45, 2.75) is 26.3 Å². The van der Waals surface area contributed by atoms with E-state index in [1.165, 1.54) is 7.11 Å². The Morgan fingerprint density at radius 1 is 1.35 bits per heavy atom. The summed E-state index contributed by atoms with van der Waals surface area (Å²) in [6.45, 7) is 4.29. The van der Waals surface area contributed by atoms with Crippen molar-refractivity contribution in [3.8, 4) is 5.75 Å². The number of pyridine rings is 1. The van der Waals surface area contributed by atoms with Crippen molar-refractivity contribution in [2.24, 2.45) is 0 Å². The van der Waals surface area contributed by atoms with E-state index >= 15 is 0 Å². The molecule has 0 unspecified atom stereocenters. The molecule has 122 valence electrons. The third-order valence-corrected chi connectivity index (χ3v) is 3.73. The molecule has 5 nitrogen and oxygen atoms in total. The number of ether oxygens (including phenoxy) is 1. The van der Waals surface area contributed by atoms with Crippen LogP contribution in [0.2, 0.25) is 5.02 Å². The number of carboxylic acid groups (broad SMARTS) is 1. The molecule has 0 aliphatic rings. The van der Waals surface area contributed by atoms with Gasteiger partial charge in [0, 0.05) is 5.69 Å². The Kier molecular flexibility index (Phi) is 5.45. The van der Waals surface area contributed by atoms with Crippen LogP contribution in [0.25, 0.3) is 0 Å². The fourth-order valence-electron chi connectivity index (χ4n) is 2.20. The lowest BCUT2D eigenvalue weighted by Gasteiger charge is -2.14. The van der Waals surface area contributed by atoms with Crippen molar-refractivity contribution in [3.05, 3.63) is 52.3 Å². The molecule has 0 radical (unpaired) electrons. The number of rotatable bonds is 6. The molecular formula is C17H19ClN2O3. The van der Waals surface area contributed by atoms with Crippen LogP contribution in [0.15, 0.2) is 30.3 Å². The molecule has 0 atom stereocenters. The number of benzene rings is 1. The largest absolute Gasteiger partial charge is 0.493 e. The maximum atomic E-state index is 11.4. The van der Waals surface area contributed by atoms with Crippen LogP contribution < -0.4 is 10.1 Å². The first-order chi connectivity index (χ1) is 10.9. The van der Waals surface area contributed by atoms with Gasteiger partial charge in [-0.3, -0.25) is 4.98 Å². The summed E-state index contributed by atoms with van der Waals surface area (Å²) in [5, 5.41) is 13.0. The highest BCUT2D eigenvalue weighted by Gasteiger charge is 2.15. The van der Waals surface area contributed by atoms with E-state index in [0.717, 1.165) is 5.69 Å². The molecule has 1 heterocycles. The summed E-state index contributed by atoms with van der Waals surface area (Å²) >= 11 is 6.09. The van der Waals surface area contributed by atoms with E-state index in [-0.39, 0.29) is 18.0 Å². The maximum Gasteiger partial charge on any atom is 0.337 e. The Morgan fingerprint density at radius 2 is 2.09 bits per heavy atom. The topological polar surface area (TPSA) is 71.5 Å². The molecule has 0 spiro atoms. The number of hydrogen-bond acceptors (Lipinski definition) is 4. The highest BCUT2D eigenvalue weighted by Crippen LogP contribution is 2.32. The third kappa shape index (κ3) is 3.93. The standard InChI is InChI=1S/C17H19ClN2O3/c1-10(2)13-8-7-11(17(21)22)15(20-13)9-19-14-6-4-5-12(18)16(14)23-3/h4-8,10,19H,9H2,1-3H3,(H,21,22). The molecule has 1 aromatic carbocycles. The zero-order valence-electron chi connectivity index (χ0n) is 13.3. The molecule has 0 amide bonds. The summed E-state index contributed by atoms with van der Waals surface area (Å²) in [5.41, 5.74) is 2.20. The summed E-state index contributed by atoms with van der Waals surface area (Å²) < 4.78 is 5.27. The van der Waals surface area contributed by atoms with Crippen LogP contribution in [-0.4, -0.2) is 23.2 Å². The van der Waals surface area contributed by atoms with Crippen molar-refractivity contribution >= 4 is 23.3 Å². The zero-order valence-corrected chi connectivity index (χ0v) is 14.0. The zero-order chi connectivity index (χ0) is 17.0. The van der Waals surface area contributed by atoms with Crippen LogP contribution in [0.3, 0.4) is 0 Å². The second kappa shape index (κ2) is 7.33. The Hall–Kier alpha value is -2.27. The van der Waals surface area contributed by atoms with Gasteiger partial charge in [0.25, 0.3) is 0 Å². The van der Waals surface area contributed by atoms with Gasteiger partial charge in [-0.1, -0.05) is 31.5 Å². The number of carboxylic acids is 1. The summed E-state index contributed by atoms with van der Waals surface area (Å²) in [6.07, 6.45) is 0. The first kappa shape index (κ1) is 17.1. The molecule has 0 fully saturated rings. The number of nitrogens with one attached hydrogen (secondary N) is 1. The number of aromatic carboxylic acids is 1. The molecule has 0 bridgehead atoms. The molecule has 2 N–H and O–H groups in total. The maximum absolute atomic E-state index is 11.4. The van der Waals surface area contributed by atoms with E-state index in [2.05, 4.69) is 10.3 Å². The molecule has 1 aromatic heterocycles. The number of methoxy groups -OCH3 is 1. The van der Waals surface area contributed by atoms with Gasteiger partial charge in [0.2, 0.25) is 0 Å². The Balaban J connectivity index is 2.31. The lowest BCUT2D eigenvalue weighted by Crippen LogP contribution is -2.12. The van der Waals surface area contributed by atoms with Gasteiger partial charge in [-0.05, 0) is 30.2 Å². The van der Waals surface area contributed by atoms with Crippen LogP contribution in [0.5, 0.6) is 5.75 Å². The van der Waals surface area contributed by atoms with Gasteiger partial charge in [0.15, 0.2) is 5.75 Å². The highest BCUT2D eigenvalue weighted by molar-refractivity contribution is 6.32. The van der Waals surface area contributed by atoms with E-state index in [1.54, 1.807) is 24.3 Å². The molecule has 2 rings (SSSR count). The van der Waals surface area contributed by atoms with Crippen LogP contribution in [0, 0.1) is 0 Å². The number of anilines is 1. The number of para-hydroxylation sites is 1. The van der Waals surface area contributed by atoms with E-state index in [1.807, 2.05) is 19.9 Å². The minimum atomic E-state index is -0.998. The van der Waals surface area contributed by atoms with E-state index in [0.29, 0.717) is 22.2 Å². The predicted molar refractivity (Wildman–Crippen MR) is 90.6 cm³/mol. The fraction of sp³-hybridized carbons (Fsp3) is 0.294. The number of nitrogens with zero attached hydrogens (tertiary/aromatic N) is 1. The number of hydrogen-bond donors (Lipinski definition) is 2. The minimum absolute atomic E-state index is 0.183. The lowest BCUT2D eigenvalue weighted by atomic mass is 10.1. The summed E-state index contributed by atoms with van der Waals surface area (Å²) in [4.78, 5) is 15.8. The van der Waals surface area contributed by atoms with Gasteiger partial charge in [-0.15, -0.1) is 0 Å². The van der Waals surface area contributed by atoms with Crippen LogP contribution >= 0.6 is 11.6 Å². The van der Waals surface area contributed by atoms with E-state index in [9.17, 15) is 9.90 Å². The van der Waals surface area contributed by atoms with Gasteiger partial charge >= 0.3 is 5.97 Å². The summed E-state index contributed by atoms with van der Waals surface area (Å²) in [7, 11) is 1.53. The predicted octanol–water partition coefficient (Wildman–Crippen LogP) is 4.18. The van der Waals surface area contributed by atoms with Crippen molar-refractivity contribution < 1.29 is 14.6 Å². The Bertz CT molecular complexity index is 717. The van der Waals surface area contributed by atoms with Gasteiger partial charge in [0.1, 0.15) is 0 Å². The van der Waals surface area contributed by atoms with Crippen molar-refractivity contribution in [2.75, 3.05) is 12.4 Å². The molecule has 0 aliphatic carbocycles.